The molecular weight excluding hydrogens is 290 g/mol. The van der Waals surface area contributed by atoms with Gasteiger partial charge in [0.15, 0.2) is 0 Å². The Hall–Kier alpha value is -0.380. The van der Waals surface area contributed by atoms with Crippen molar-refractivity contribution in [1.29, 1.82) is 0 Å². The van der Waals surface area contributed by atoms with Crippen LogP contribution in [-0.4, -0.2) is 22.5 Å². The Morgan fingerprint density at radius 1 is 1.15 bits per heavy atom. The Balaban J connectivity index is 2.02. The lowest BCUT2D eigenvalue weighted by atomic mass is 9.96. The van der Waals surface area contributed by atoms with E-state index >= 15 is 0 Å². The summed E-state index contributed by atoms with van der Waals surface area (Å²) in [5, 5.41) is 4.39. The van der Waals surface area contributed by atoms with E-state index in [2.05, 4.69) is 5.32 Å². The SMILES string of the molecule is CNC1CCCCCCC1S(=O)Cc1ccc(Cl)cc1. The van der Waals surface area contributed by atoms with Gasteiger partial charge in [-0.15, -0.1) is 0 Å². The average Bonchev–Trinajstić information content (AvgIpc) is 2.41. The molecule has 2 rings (SSSR count). The molecule has 1 N–H and O–H groups in total. The predicted octanol–water partition coefficient (Wildman–Crippen LogP) is 3.90. The summed E-state index contributed by atoms with van der Waals surface area (Å²) < 4.78 is 12.7. The summed E-state index contributed by atoms with van der Waals surface area (Å²) in [5.74, 6) is 0.639. The molecule has 0 aromatic heterocycles. The first-order chi connectivity index (χ1) is 9.70. The van der Waals surface area contributed by atoms with Crippen LogP contribution < -0.4 is 5.32 Å². The molecule has 0 aliphatic heterocycles. The highest BCUT2D eigenvalue weighted by Gasteiger charge is 2.26. The smallest absolute Gasteiger partial charge is 0.0504 e. The molecule has 4 heteroatoms. The van der Waals surface area contributed by atoms with Gasteiger partial charge in [0.2, 0.25) is 0 Å². The van der Waals surface area contributed by atoms with Gasteiger partial charge in [-0.3, -0.25) is 4.21 Å². The number of hydrogen-bond donors (Lipinski definition) is 1. The van der Waals surface area contributed by atoms with E-state index in [1.807, 2.05) is 31.3 Å². The standard InChI is InChI=1S/C16H24ClNOS/c1-18-15-6-4-2-3-5-7-16(15)20(19)12-13-8-10-14(17)11-9-13/h8-11,15-16,18H,2-7,12H2,1H3. The number of rotatable bonds is 4. The van der Waals surface area contributed by atoms with Crippen molar-refractivity contribution in [2.24, 2.45) is 0 Å². The van der Waals surface area contributed by atoms with Crippen LogP contribution in [0.15, 0.2) is 24.3 Å². The van der Waals surface area contributed by atoms with Gasteiger partial charge in [-0.2, -0.15) is 0 Å². The van der Waals surface area contributed by atoms with Crippen LogP contribution in [0.1, 0.15) is 44.1 Å². The molecule has 0 heterocycles. The van der Waals surface area contributed by atoms with Gasteiger partial charge >= 0.3 is 0 Å². The number of benzene rings is 1. The number of nitrogens with one attached hydrogen (secondary N) is 1. The van der Waals surface area contributed by atoms with Gasteiger partial charge in [0.25, 0.3) is 0 Å². The summed E-state index contributed by atoms with van der Waals surface area (Å²) in [6.07, 6.45) is 7.27. The number of hydrogen-bond acceptors (Lipinski definition) is 2. The van der Waals surface area contributed by atoms with Crippen LogP contribution in [-0.2, 0) is 16.6 Å². The Kier molecular flexibility index (Phi) is 6.53. The molecule has 0 bridgehead atoms. The molecule has 1 fully saturated rings. The minimum Gasteiger partial charge on any atom is -0.316 e. The molecule has 0 radical (unpaired) electrons. The summed E-state index contributed by atoms with van der Waals surface area (Å²) >= 11 is 5.90. The lowest BCUT2D eigenvalue weighted by molar-refractivity contribution is 0.414. The second-order valence-electron chi connectivity index (χ2n) is 5.58. The largest absolute Gasteiger partial charge is 0.316 e. The van der Waals surface area contributed by atoms with Crippen LogP contribution in [0.5, 0.6) is 0 Å². The predicted molar refractivity (Wildman–Crippen MR) is 87.6 cm³/mol. The maximum Gasteiger partial charge on any atom is 0.0504 e. The monoisotopic (exact) mass is 313 g/mol. The third kappa shape index (κ3) is 4.57. The maximum absolute atomic E-state index is 12.7. The van der Waals surface area contributed by atoms with Gasteiger partial charge in [-0.25, -0.2) is 0 Å². The van der Waals surface area contributed by atoms with E-state index in [0.717, 1.165) is 23.4 Å². The quantitative estimate of drug-likeness (QED) is 0.913. The van der Waals surface area contributed by atoms with Gasteiger partial charge in [0, 0.05) is 27.6 Å². The zero-order valence-corrected chi connectivity index (χ0v) is 13.7. The molecular formula is C16H24ClNOS. The molecule has 3 atom stereocenters. The van der Waals surface area contributed by atoms with Crippen molar-refractivity contribution >= 4 is 22.4 Å². The normalized spacial score (nSPS) is 25.7. The minimum absolute atomic E-state index is 0.274. The van der Waals surface area contributed by atoms with Crippen LogP contribution in [0, 0.1) is 0 Å². The lowest BCUT2D eigenvalue weighted by Gasteiger charge is -2.28. The van der Waals surface area contributed by atoms with Crippen molar-refractivity contribution in [3.63, 3.8) is 0 Å². The molecule has 2 nitrogen and oxygen atoms in total. The molecule has 20 heavy (non-hydrogen) atoms. The van der Waals surface area contributed by atoms with Crippen LogP contribution in [0.25, 0.3) is 0 Å². The maximum atomic E-state index is 12.7. The molecule has 0 spiro atoms. The third-order valence-electron chi connectivity index (χ3n) is 4.13. The van der Waals surface area contributed by atoms with Crippen molar-refractivity contribution in [1.82, 2.24) is 5.32 Å². The van der Waals surface area contributed by atoms with E-state index in [1.54, 1.807) is 0 Å². The van der Waals surface area contributed by atoms with E-state index in [4.69, 9.17) is 11.6 Å². The lowest BCUT2D eigenvalue weighted by Crippen LogP contribution is -2.41. The van der Waals surface area contributed by atoms with Gasteiger partial charge in [0.05, 0.1) is 5.25 Å². The molecule has 112 valence electrons. The summed E-state index contributed by atoms with van der Waals surface area (Å²) in [6, 6.07) is 8.11. The molecule has 1 aliphatic rings. The van der Waals surface area contributed by atoms with E-state index < -0.39 is 10.8 Å². The molecule has 0 amide bonds. The second kappa shape index (κ2) is 8.16. The first-order valence-electron chi connectivity index (χ1n) is 7.49. The van der Waals surface area contributed by atoms with Crippen molar-refractivity contribution in [3.8, 4) is 0 Å². The van der Waals surface area contributed by atoms with Gasteiger partial charge < -0.3 is 5.32 Å². The summed E-state index contributed by atoms with van der Waals surface area (Å²) in [4.78, 5) is 0. The fourth-order valence-electron chi connectivity index (χ4n) is 2.95. The van der Waals surface area contributed by atoms with E-state index in [-0.39, 0.29) is 5.25 Å². The summed E-state index contributed by atoms with van der Waals surface area (Å²) in [7, 11) is 1.18. The molecule has 1 aromatic carbocycles. The highest BCUT2D eigenvalue weighted by Crippen LogP contribution is 2.23. The van der Waals surface area contributed by atoms with Gasteiger partial charge in [0.1, 0.15) is 0 Å². The van der Waals surface area contributed by atoms with Gasteiger partial charge in [-0.1, -0.05) is 49.4 Å². The van der Waals surface area contributed by atoms with Crippen molar-refractivity contribution < 1.29 is 4.21 Å². The minimum atomic E-state index is -0.818. The zero-order valence-electron chi connectivity index (χ0n) is 12.1. The van der Waals surface area contributed by atoms with Crippen molar-refractivity contribution in [2.75, 3.05) is 7.05 Å². The molecule has 0 saturated heterocycles. The molecule has 1 aromatic rings. The van der Waals surface area contributed by atoms with Crippen molar-refractivity contribution in [2.45, 2.75) is 55.6 Å². The highest BCUT2D eigenvalue weighted by atomic mass is 35.5. The van der Waals surface area contributed by atoms with Crippen LogP contribution >= 0.6 is 11.6 Å². The Labute approximate surface area is 129 Å². The summed E-state index contributed by atoms with van der Waals surface area (Å²) in [5.41, 5.74) is 1.12. The van der Waals surface area contributed by atoms with E-state index in [1.165, 1.54) is 25.7 Å². The van der Waals surface area contributed by atoms with E-state index in [9.17, 15) is 4.21 Å². The highest BCUT2D eigenvalue weighted by molar-refractivity contribution is 7.84. The molecule has 3 unspecified atom stereocenters. The van der Waals surface area contributed by atoms with Crippen LogP contribution in [0.4, 0.5) is 0 Å². The fraction of sp³-hybridized carbons (Fsp3) is 0.625. The Morgan fingerprint density at radius 3 is 2.45 bits per heavy atom. The Morgan fingerprint density at radius 2 is 1.80 bits per heavy atom. The van der Waals surface area contributed by atoms with E-state index in [0.29, 0.717) is 11.8 Å². The van der Waals surface area contributed by atoms with Crippen LogP contribution in [0.3, 0.4) is 0 Å². The Bertz CT molecular complexity index is 435. The first-order valence-corrected chi connectivity index (χ1v) is 9.25. The van der Waals surface area contributed by atoms with Gasteiger partial charge in [-0.05, 0) is 37.6 Å². The van der Waals surface area contributed by atoms with Crippen LogP contribution in [0.2, 0.25) is 5.02 Å². The fourth-order valence-corrected chi connectivity index (χ4v) is 4.88. The second-order valence-corrected chi connectivity index (χ2v) is 7.67. The first kappa shape index (κ1) is 16.0. The van der Waals surface area contributed by atoms with Crippen molar-refractivity contribution in [3.05, 3.63) is 34.9 Å². The topological polar surface area (TPSA) is 29.1 Å². The summed E-state index contributed by atoms with van der Waals surface area (Å²) in [6.45, 7) is 0. The number of halogens is 1. The molecule has 1 saturated carbocycles. The third-order valence-corrected chi connectivity index (χ3v) is 6.24. The zero-order chi connectivity index (χ0) is 14.4. The average molecular weight is 314 g/mol. The molecule has 1 aliphatic carbocycles.